The van der Waals surface area contributed by atoms with E-state index in [0.717, 1.165) is 5.56 Å². The van der Waals surface area contributed by atoms with Crippen molar-refractivity contribution in [3.05, 3.63) is 23.8 Å². The quantitative estimate of drug-likeness (QED) is 0.794. The van der Waals surface area contributed by atoms with Crippen LogP contribution in [0.4, 0.5) is 0 Å². The molecule has 1 aromatic carbocycles. The SMILES string of the molecule is COc1ccc(C(C)(C)C(=O)N(C)CCCC(=O)O)cc1OC. The number of carbonyl (C=O) groups is 2. The van der Waals surface area contributed by atoms with Crippen LogP contribution >= 0.6 is 0 Å². The summed E-state index contributed by atoms with van der Waals surface area (Å²) in [6.45, 7) is 4.08. The molecule has 6 nitrogen and oxygen atoms in total. The van der Waals surface area contributed by atoms with Crippen LogP contribution in [0.15, 0.2) is 18.2 Å². The number of hydrogen-bond acceptors (Lipinski definition) is 4. The summed E-state index contributed by atoms with van der Waals surface area (Å²) in [6, 6.07) is 5.40. The molecule has 0 fully saturated rings. The van der Waals surface area contributed by atoms with E-state index in [1.807, 2.05) is 19.9 Å². The molecule has 0 spiro atoms. The van der Waals surface area contributed by atoms with E-state index in [4.69, 9.17) is 14.6 Å². The maximum Gasteiger partial charge on any atom is 0.303 e. The zero-order valence-corrected chi connectivity index (χ0v) is 14.4. The smallest absolute Gasteiger partial charge is 0.303 e. The van der Waals surface area contributed by atoms with Gasteiger partial charge in [0.25, 0.3) is 0 Å². The lowest BCUT2D eigenvalue weighted by molar-refractivity contribution is -0.139. The summed E-state index contributed by atoms with van der Waals surface area (Å²) in [4.78, 5) is 24.8. The van der Waals surface area contributed by atoms with Gasteiger partial charge in [0, 0.05) is 20.0 Å². The van der Waals surface area contributed by atoms with Crippen LogP contribution in [0.3, 0.4) is 0 Å². The van der Waals surface area contributed by atoms with E-state index in [1.165, 1.54) is 0 Å². The number of likely N-dealkylation sites (N-methyl/N-ethyl adjacent to an activating group) is 1. The summed E-state index contributed by atoms with van der Waals surface area (Å²) in [6.07, 6.45) is 0.480. The molecule has 0 saturated carbocycles. The fourth-order valence-corrected chi connectivity index (χ4v) is 2.39. The maximum absolute atomic E-state index is 12.7. The fourth-order valence-electron chi connectivity index (χ4n) is 2.39. The number of aliphatic carboxylic acids is 1. The lowest BCUT2D eigenvalue weighted by atomic mass is 9.83. The third-order valence-corrected chi connectivity index (χ3v) is 3.87. The number of carbonyl (C=O) groups excluding carboxylic acids is 1. The number of methoxy groups -OCH3 is 2. The summed E-state index contributed by atoms with van der Waals surface area (Å²) < 4.78 is 10.5. The van der Waals surface area contributed by atoms with E-state index in [0.29, 0.717) is 24.5 Å². The Balaban J connectivity index is 2.91. The Bertz CT molecular complexity index is 568. The molecule has 6 heteroatoms. The second-order valence-corrected chi connectivity index (χ2v) is 5.92. The van der Waals surface area contributed by atoms with Gasteiger partial charge in [0.2, 0.25) is 5.91 Å². The van der Waals surface area contributed by atoms with E-state index < -0.39 is 11.4 Å². The average molecular weight is 323 g/mol. The van der Waals surface area contributed by atoms with Crippen molar-refractivity contribution >= 4 is 11.9 Å². The summed E-state index contributed by atoms with van der Waals surface area (Å²) in [5.41, 5.74) is 0.0579. The molecule has 128 valence electrons. The van der Waals surface area contributed by atoms with Crippen LogP contribution in [0.5, 0.6) is 11.5 Å². The van der Waals surface area contributed by atoms with Crippen molar-refractivity contribution in [2.75, 3.05) is 27.8 Å². The van der Waals surface area contributed by atoms with E-state index in [9.17, 15) is 9.59 Å². The van der Waals surface area contributed by atoms with Gasteiger partial charge in [-0.15, -0.1) is 0 Å². The third kappa shape index (κ3) is 4.61. The van der Waals surface area contributed by atoms with Crippen LogP contribution in [0, 0.1) is 0 Å². The van der Waals surface area contributed by atoms with Crippen molar-refractivity contribution in [2.45, 2.75) is 32.1 Å². The Morgan fingerprint density at radius 2 is 1.78 bits per heavy atom. The van der Waals surface area contributed by atoms with Crippen molar-refractivity contribution in [2.24, 2.45) is 0 Å². The molecule has 0 atom stereocenters. The van der Waals surface area contributed by atoms with Gasteiger partial charge >= 0.3 is 5.97 Å². The number of ether oxygens (including phenoxy) is 2. The zero-order valence-electron chi connectivity index (χ0n) is 14.4. The average Bonchev–Trinajstić information content (AvgIpc) is 2.52. The highest BCUT2D eigenvalue weighted by molar-refractivity contribution is 5.87. The minimum absolute atomic E-state index is 0.0500. The lowest BCUT2D eigenvalue weighted by Gasteiger charge is -2.30. The lowest BCUT2D eigenvalue weighted by Crippen LogP contribution is -2.41. The number of carboxylic acids is 1. The van der Waals surface area contributed by atoms with Gasteiger partial charge in [-0.1, -0.05) is 6.07 Å². The molecule has 0 radical (unpaired) electrons. The normalized spacial score (nSPS) is 11.0. The third-order valence-electron chi connectivity index (χ3n) is 3.87. The molecule has 0 heterocycles. The molecule has 1 N–H and O–H groups in total. The highest BCUT2D eigenvalue weighted by Crippen LogP contribution is 2.34. The number of rotatable bonds is 8. The zero-order chi connectivity index (χ0) is 17.6. The van der Waals surface area contributed by atoms with Crippen molar-refractivity contribution in [3.63, 3.8) is 0 Å². The first kappa shape index (κ1) is 18.8. The first-order valence-electron chi connectivity index (χ1n) is 7.44. The monoisotopic (exact) mass is 323 g/mol. The van der Waals surface area contributed by atoms with E-state index in [1.54, 1.807) is 38.3 Å². The topological polar surface area (TPSA) is 76.1 Å². The van der Waals surface area contributed by atoms with Gasteiger partial charge in [0.15, 0.2) is 11.5 Å². The molecule has 0 saturated heterocycles. The molecule has 0 aromatic heterocycles. The number of amides is 1. The number of benzene rings is 1. The van der Waals surface area contributed by atoms with Crippen LogP contribution in [0.25, 0.3) is 0 Å². The van der Waals surface area contributed by atoms with Gasteiger partial charge in [-0.25, -0.2) is 0 Å². The van der Waals surface area contributed by atoms with Crippen molar-refractivity contribution in [1.82, 2.24) is 4.90 Å². The molecular formula is C17H25NO5. The van der Waals surface area contributed by atoms with Crippen molar-refractivity contribution in [1.29, 1.82) is 0 Å². The molecule has 1 rings (SSSR count). The second kappa shape index (κ2) is 7.85. The van der Waals surface area contributed by atoms with Gasteiger partial charge in [-0.05, 0) is 38.0 Å². The summed E-state index contributed by atoms with van der Waals surface area (Å²) in [5, 5.41) is 8.68. The van der Waals surface area contributed by atoms with Gasteiger partial charge in [-0.2, -0.15) is 0 Å². The first-order valence-corrected chi connectivity index (χ1v) is 7.44. The van der Waals surface area contributed by atoms with Crippen LogP contribution in [0.1, 0.15) is 32.3 Å². The molecule has 0 bridgehead atoms. The highest BCUT2D eigenvalue weighted by atomic mass is 16.5. The predicted molar refractivity (Wildman–Crippen MR) is 87.1 cm³/mol. The summed E-state index contributed by atoms with van der Waals surface area (Å²) >= 11 is 0. The Morgan fingerprint density at radius 3 is 2.30 bits per heavy atom. The number of nitrogens with zero attached hydrogens (tertiary/aromatic N) is 1. The molecule has 1 amide bonds. The molecule has 23 heavy (non-hydrogen) atoms. The second-order valence-electron chi connectivity index (χ2n) is 5.92. The Morgan fingerprint density at radius 1 is 1.17 bits per heavy atom. The van der Waals surface area contributed by atoms with Crippen LogP contribution in [-0.2, 0) is 15.0 Å². The van der Waals surface area contributed by atoms with E-state index in [-0.39, 0.29) is 12.3 Å². The summed E-state index contributed by atoms with van der Waals surface area (Å²) in [7, 11) is 4.80. The standard InChI is InChI=1S/C17H25NO5/c1-17(2,16(21)18(3)10-6-7-15(19)20)12-8-9-13(22-4)14(11-12)23-5/h8-9,11H,6-7,10H2,1-5H3,(H,19,20). The van der Waals surface area contributed by atoms with Crippen molar-refractivity contribution in [3.8, 4) is 11.5 Å². The fraction of sp³-hybridized carbons (Fsp3) is 0.529. The largest absolute Gasteiger partial charge is 0.493 e. The van der Waals surface area contributed by atoms with Gasteiger partial charge < -0.3 is 19.5 Å². The van der Waals surface area contributed by atoms with Crippen molar-refractivity contribution < 1.29 is 24.2 Å². The molecule has 0 aliphatic rings. The Kier molecular flexibility index (Phi) is 6.42. The number of hydrogen-bond donors (Lipinski definition) is 1. The molecule has 0 aliphatic heterocycles. The first-order chi connectivity index (χ1) is 10.7. The van der Waals surface area contributed by atoms with Crippen LogP contribution < -0.4 is 9.47 Å². The molecule has 0 aliphatic carbocycles. The number of carboxylic acid groups (broad SMARTS) is 1. The van der Waals surface area contributed by atoms with Crippen LogP contribution in [-0.4, -0.2) is 49.7 Å². The van der Waals surface area contributed by atoms with Gasteiger partial charge in [-0.3, -0.25) is 9.59 Å². The molecule has 1 aromatic rings. The molecule has 0 unspecified atom stereocenters. The Labute approximate surface area is 137 Å². The maximum atomic E-state index is 12.7. The van der Waals surface area contributed by atoms with Gasteiger partial charge in [0.1, 0.15) is 0 Å². The van der Waals surface area contributed by atoms with Crippen LogP contribution in [0.2, 0.25) is 0 Å². The summed E-state index contributed by atoms with van der Waals surface area (Å²) in [5.74, 6) is 0.244. The highest BCUT2D eigenvalue weighted by Gasteiger charge is 2.33. The molecular weight excluding hydrogens is 298 g/mol. The van der Waals surface area contributed by atoms with E-state index in [2.05, 4.69) is 0 Å². The van der Waals surface area contributed by atoms with Gasteiger partial charge in [0.05, 0.1) is 19.6 Å². The minimum Gasteiger partial charge on any atom is -0.493 e. The Hall–Kier alpha value is -2.24. The minimum atomic E-state index is -0.856. The predicted octanol–water partition coefficient (Wildman–Crippen LogP) is 2.30. The van der Waals surface area contributed by atoms with E-state index >= 15 is 0 Å².